The summed E-state index contributed by atoms with van der Waals surface area (Å²) < 4.78 is 10.9. The lowest BCUT2D eigenvalue weighted by atomic mass is 10.0. The highest BCUT2D eigenvalue weighted by atomic mass is 16.5. The van der Waals surface area contributed by atoms with Crippen LogP contribution in [0, 0.1) is 0 Å². The van der Waals surface area contributed by atoms with Gasteiger partial charge < -0.3 is 20.5 Å². The SMILES string of the molecule is CCOc1cc([C@@H](CC(N)=O)N2C(=O)c3cccc(NC(C)=O)c3C2=O)ccc1OC. The highest BCUT2D eigenvalue weighted by Crippen LogP contribution is 2.39. The molecular formula is C22H23N3O6. The van der Waals surface area contributed by atoms with E-state index in [0.29, 0.717) is 23.7 Å². The molecule has 3 rings (SSSR count). The molecule has 2 aromatic rings. The topological polar surface area (TPSA) is 128 Å². The number of imide groups is 1. The first-order valence-corrected chi connectivity index (χ1v) is 9.66. The maximum atomic E-state index is 13.3. The lowest BCUT2D eigenvalue weighted by Gasteiger charge is -2.26. The minimum absolute atomic E-state index is 0.0794. The van der Waals surface area contributed by atoms with Gasteiger partial charge in [0.05, 0.1) is 43.0 Å². The minimum atomic E-state index is -0.958. The number of carbonyl (C=O) groups excluding carboxylic acids is 4. The molecule has 1 heterocycles. The van der Waals surface area contributed by atoms with Crippen molar-refractivity contribution in [1.82, 2.24) is 4.90 Å². The molecule has 2 aromatic carbocycles. The molecule has 1 aliphatic heterocycles. The number of anilines is 1. The average Bonchev–Trinajstić information content (AvgIpc) is 2.97. The van der Waals surface area contributed by atoms with Crippen molar-refractivity contribution < 1.29 is 28.7 Å². The van der Waals surface area contributed by atoms with E-state index in [2.05, 4.69) is 5.32 Å². The predicted molar refractivity (Wildman–Crippen MR) is 112 cm³/mol. The molecule has 3 N–H and O–H groups in total. The lowest BCUT2D eigenvalue weighted by Crippen LogP contribution is -2.36. The van der Waals surface area contributed by atoms with E-state index in [-0.39, 0.29) is 29.1 Å². The average molecular weight is 425 g/mol. The second kappa shape index (κ2) is 8.86. The van der Waals surface area contributed by atoms with Gasteiger partial charge in [0.2, 0.25) is 11.8 Å². The first-order chi connectivity index (χ1) is 14.8. The molecule has 0 aliphatic carbocycles. The van der Waals surface area contributed by atoms with Crippen LogP contribution in [0.15, 0.2) is 36.4 Å². The number of amides is 4. The van der Waals surface area contributed by atoms with Crippen molar-refractivity contribution in [2.75, 3.05) is 19.0 Å². The van der Waals surface area contributed by atoms with Crippen LogP contribution in [-0.4, -0.2) is 42.2 Å². The summed E-state index contributed by atoms with van der Waals surface area (Å²) in [6.45, 7) is 3.48. The van der Waals surface area contributed by atoms with Gasteiger partial charge in [-0.2, -0.15) is 0 Å². The van der Waals surface area contributed by atoms with Gasteiger partial charge in [0, 0.05) is 6.92 Å². The number of benzene rings is 2. The van der Waals surface area contributed by atoms with Gasteiger partial charge in [0.1, 0.15) is 0 Å². The van der Waals surface area contributed by atoms with Gasteiger partial charge in [-0.1, -0.05) is 12.1 Å². The second-order valence-electron chi connectivity index (χ2n) is 6.92. The normalized spacial score (nSPS) is 13.6. The number of hydrogen-bond donors (Lipinski definition) is 2. The van der Waals surface area contributed by atoms with Gasteiger partial charge in [-0.15, -0.1) is 0 Å². The number of nitrogens with one attached hydrogen (secondary N) is 1. The zero-order valence-corrected chi connectivity index (χ0v) is 17.4. The predicted octanol–water partition coefficient (Wildman–Crippen LogP) is 2.27. The maximum absolute atomic E-state index is 13.3. The molecule has 1 atom stereocenters. The Morgan fingerprint density at radius 1 is 1.13 bits per heavy atom. The lowest BCUT2D eigenvalue weighted by molar-refractivity contribution is -0.119. The summed E-state index contributed by atoms with van der Waals surface area (Å²) in [5, 5.41) is 2.57. The number of carbonyl (C=O) groups is 4. The van der Waals surface area contributed by atoms with Gasteiger partial charge in [-0.05, 0) is 36.8 Å². The molecule has 162 valence electrons. The summed E-state index contributed by atoms with van der Waals surface area (Å²) >= 11 is 0. The molecule has 0 aromatic heterocycles. The highest BCUT2D eigenvalue weighted by Gasteiger charge is 2.42. The zero-order valence-electron chi connectivity index (χ0n) is 17.4. The van der Waals surface area contributed by atoms with Crippen molar-refractivity contribution in [2.24, 2.45) is 5.73 Å². The van der Waals surface area contributed by atoms with Crippen LogP contribution in [-0.2, 0) is 9.59 Å². The number of nitrogens with two attached hydrogens (primary N) is 1. The van der Waals surface area contributed by atoms with Gasteiger partial charge in [0.25, 0.3) is 11.8 Å². The molecule has 9 heteroatoms. The van der Waals surface area contributed by atoms with E-state index in [1.54, 1.807) is 37.3 Å². The first kappa shape index (κ1) is 21.8. The number of methoxy groups -OCH3 is 1. The van der Waals surface area contributed by atoms with E-state index in [9.17, 15) is 19.2 Å². The van der Waals surface area contributed by atoms with Crippen LogP contribution >= 0.6 is 0 Å². The minimum Gasteiger partial charge on any atom is -0.493 e. The molecule has 0 saturated carbocycles. The number of primary amides is 1. The van der Waals surface area contributed by atoms with Crippen molar-refractivity contribution in [1.29, 1.82) is 0 Å². The molecule has 0 unspecified atom stereocenters. The quantitative estimate of drug-likeness (QED) is 0.625. The molecule has 0 spiro atoms. The standard InChI is InChI=1S/C22H23N3O6/c1-4-31-18-10-13(8-9-17(18)30-3)16(11-19(23)27)25-21(28)14-6-5-7-15(24-12(2)26)20(14)22(25)29/h5-10,16H,4,11H2,1-3H3,(H2,23,27)(H,24,26)/t16-/m1/s1. The number of ether oxygens (including phenoxy) is 2. The Kier molecular flexibility index (Phi) is 6.24. The zero-order chi connectivity index (χ0) is 22.7. The summed E-state index contributed by atoms with van der Waals surface area (Å²) in [6, 6.07) is 8.56. The molecule has 9 nitrogen and oxygen atoms in total. The molecule has 0 fully saturated rings. The maximum Gasteiger partial charge on any atom is 0.264 e. The summed E-state index contributed by atoms with van der Waals surface area (Å²) in [4.78, 5) is 50.8. The van der Waals surface area contributed by atoms with E-state index < -0.39 is 23.8 Å². The third kappa shape index (κ3) is 4.20. The van der Waals surface area contributed by atoms with Crippen LogP contribution in [0.2, 0.25) is 0 Å². The van der Waals surface area contributed by atoms with Crippen molar-refractivity contribution in [3.05, 3.63) is 53.1 Å². The number of rotatable bonds is 8. The van der Waals surface area contributed by atoms with E-state index in [4.69, 9.17) is 15.2 Å². The third-order valence-corrected chi connectivity index (χ3v) is 4.84. The van der Waals surface area contributed by atoms with Crippen molar-refractivity contribution >= 4 is 29.3 Å². The summed E-state index contributed by atoms with van der Waals surface area (Å²) in [5.41, 5.74) is 6.38. The van der Waals surface area contributed by atoms with Crippen LogP contribution in [0.3, 0.4) is 0 Å². The number of hydrogen-bond acceptors (Lipinski definition) is 6. The summed E-state index contributed by atoms with van der Waals surface area (Å²) in [6.07, 6.45) is -0.279. The summed E-state index contributed by atoms with van der Waals surface area (Å²) in [7, 11) is 1.49. The smallest absolute Gasteiger partial charge is 0.264 e. The Bertz CT molecular complexity index is 1070. The Balaban J connectivity index is 2.09. The van der Waals surface area contributed by atoms with Crippen LogP contribution < -0.4 is 20.5 Å². The fraction of sp³-hybridized carbons (Fsp3) is 0.273. The van der Waals surface area contributed by atoms with Gasteiger partial charge in [0.15, 0.2) is 11.5 Å². The van der Waals surface area contributed by atoms with E-state index in [0.717, 1.165) is 4.90 Å². The van der Waals surface area contributed by atoms with E-state index in [1.807, 2.05) is 0 Å². The van der Waals surface area contributed by atoms with Crippen LogP contribution in [0.4, 0.5) is 5.69 Å². The molecular weight excluding hydrogens is 402 g/mol. The van der Waals surface area contributed by atoms with Gasteiger partial charge in [-0.3, -0.25) is 24.1 Å². The van der Waals surface area contributed by atoms with Gasteiger partial charge in [-0.25, -0.2) is 0 Å². The Morgan fingerprint density at radius 3 is 2.48 bits per heavy atom. The molecule has 1 aliphatic rings. The Morgan fingerprint density at radius 2 is 1.87 bits per heavy atom. The fourth-order valence-corrected chi connectivity index (χ4v) is 3.60. The third-order valence-electron chi connectivity index (χ3n) is 4.84. The monoisotopic (exact) mass is 425 g/mol. The molecule has 0 saturated heterocycles. The van der Waals surface area contributed by atoms with Gasteiger partial charge >= 0.3 is 0 Å². The van der Waals surface area contributed by atoms with Crippen molar-refractivity contribution in [2.45, 2.75) is 26.3 Å². The largest absolute Gasteiger partial charge is 0.493 e. The highest BCUT2D eigenvalue weighted by molar-refractivity contribution is 6.24. The van der Waals surface area contributed by atoms with Crippen LogP contribution in [0.5, 0.6) is 11.5 Å². The molecule has 31 heavy (non-hydrogen) atoms. The molecule has 0 bridgehead atoms. The molecule has 4 amide bonds. The molecule has 0 radical (unpaired) electrons. The van der Waals surface area contributed by atoms with E-state index in [1.165, 1.54) is 20.1 Å². The first-order valence-electron chi connectivity index (χ1n) is 9.66. The number of fused-ring (bicyclic) bond motifs is 1. The van der Waals surface area contributed by atoms with Crippen LogP contribution in [0.1, 0.15) is 52.6 Å². The second-order valence-corrected chi connectivity index (χ2v) is 6.92. The van der Waals surface area contributed by atoms with Crippen molar-refractivity contribution in [3.63, 3.8) is 0 Å². The Labute approximate surface area is 179 Å². The fourth-order valence-electron chi connectivity index (χ4n) is 3.60. The number of nitrogens with zero attached hydrogens (tertiary/aromatic N) is 1. The van der Waals surface area contributed by atoms with Crippen molar-refractivity contribution in [3.8, 4) is 11.5 Å². The van der Waals surface area contributed by atoms with E-state index >= 15 is 0 Å². The Hall–Kier alpha value is -3.88. The van der Waals surface area contributed by atoms with Crippen LogP contribution in [0.25, 0.3) is 0 Å². The summed E-state index contributed by atoms with van der Waals surface area (Å²) in [5.74, 6) is -1.38.